The van der Waals surface area contributed by atoms with Gasteiger partial charge in [0, 0.05) is 30.4 Å². The first kappa shape index (κ1) is 32.4. The van der Waals surface area contributed by atoms with Gasteiger partial charge in [0.15, 0.2) is 0 Å². The van der Waals surface area contributed by atoms with Crippen molar-refractivity contribution in [3.05, 3.63) is 95.1 Å². The molecule has 1 saturated heterocycles. The summed E-state index contributed by atoms with van der Waals surface area (Å²) in [5.74, 6) is -2.12. The zero-order chi connectivity index (χ0) is 31.0. The number of carboxylic acids is 1. The van der Waals surface area contributed by atoms with Gasteiger partial charge in [0.05, 0.1) is 5.75 Å². The molecule has 0 saturated carbocycles. The second-order valence-electron chi connectivity index (χ2n) is 11.9. The molecule has 8 heteroatoms. The Bertz CT molecular complexity index is 1500. The zero-order valence-corrected chi connectivity index (χ0v) is 26.3. The maximum atomic E-state index is 13.5. The van der Waals surface area contributed by atoms with E-state index in [1.54, 1.807) is 6.07 Å². The first-order valence-corrected chi connectivity index (χ1v) is 17.3. The van der Waals surface area contributed by atoms with Crippen molar-refractivity contribution in [3.8, 4) is 11.1 Å². The highest BCUT2D eigenvalue weighted by molar-refractivity contribution is 7.90. The number of sulfone groups is 1. The molecule has 230 valence electrons. The number of hydrogen-bond donors (Lipinski definition) is 2. The number of carbonyl (C=O) groups is 2. The van der Waals surface area contributed by atoms with E-state index in [-0.39, 0.29) is 12.2 Å². The Hall–Kier alpha value is -3.49. The van der Waals surface area contributed by atoms with Gasteiger partial charge < -0.3 is 10.4 Å². The number of carbonyl (C=O) groups excluding carboxylic acids is 1. The van der Waals surface area contributed by atoms with Crippen molar-refractivity contribution in [3.63, 3.8) is 0 Å². The SMILES string of the molecule is CCCC1CCCC(Cc2ccccc2)N1Cc1ccc(C(=O)NC(CCS(C)(=O)=O)C(=O)O)c(-c2ccccc2C)c1. The molecule has 1 fully saturated rings. The van der Waals surface area contributed by atoms with Gasteiger partial charge in [-0.3, -0.25) is 9.69 Å². The van der Waals surface area contributed by atoms with Gasteiger partial charge in [0.2, 0.25) is 0 Å². The molecular weight excluding hydrogens is 560 g/mol. The molecule has 43 heavy (non-hydrogen) atoms. The monoisotopic (exact) mass is 604 g/mol. The van der Waals surface area contributed by atoms with Crippen LogP contribution in [-0.4, -0.2) is 60.4 Å². The summed E-state index contributed by atoms with van der Waals surface area (Å²) in [6.45, 7) is 4.99. The van der Waals surface area contributed by atoms with Crippen LogP contribution in [0.3, 0.4) is 0 Å². The Labute approximate surface area is 256 Å². The predicted molar refractivity (Wildman–Crippen MR) is 172 cm³/mol. The number of likely N-dealkylation sites (tertiary alicyclic amines) is 1. The van der Waals surface area contributed by atoms with Gasteiger partial charge in [0.1, 0.15) is 15.9 Å². The van der Waals surface area contributed by atoms with Crippen LogP contribution in [0.4, 0.5) is 0 Å². The number of carboxylic acid groups (broad SMARTS) is 1. The molecule has 4 rings (SSSR count). The number of aryl methyl sites for hydroxylation is 1. The lowest BCUT2D eigenvalue weighted by molar-refractivity contribution is -0.139. The predicted octanol–water partition coefficient (Wildman–Crippen LogP) is 6.05. The fourth-order valence-corrected chi connectivity index (χ4v) is 6.91. The van der Waals surface area contributed by atoms with E-state index in [0.29, 0.717) is 17.6 Å². The highest BCUT2D eigenvalue weighted by Crippen LogP contribution is 2.33. The third-order valence-corrected chi connectivity index (χ3v) is 9.44. The number of nitrogens with zero attached hydrogens (tertiary/aromatic N) is 1. The summed E-state index contributed by atoms with van der Waals surface area (Å²) >= 11 is 0. The summed E-state index contributed by atoms with van der Waals surface area (Å²) < 4.78 is 23.3. The minimum Gasteiger partial charge on any atom is -0.480 e. The fraction of sp³-hybridized carbons (Fsp3) is 0.429. The lowest BCUT2D eigenvalue weighted by Gasteiger charge is -2.43. The lowest BCUT2D eigenvalue weighted by Crippen LogP contribution is -2.47. The summed E-state index contributed by atoms with van der Waals surface area (Å²) in [7, 11) is -3.38. The maximum Gasteiger partial charge on any atom is 0.326 e. The van der Waals surface area contributed by atoms with Crippen LogP contribution in [0.5, 0.6) is 0 Å². The molecule has 0 aromatic heterocycles. The molecule has 7 nitrogen and oxygen atoms in total. The van der Waals surface area contributed by atoms with Crippen LogP contribution in [0.1, 0.15) is 72.5 Å². The van der Waals surface area contributed by atoms with Crippen LogP contribution in [-0.2, 0) is 27.6 Å². The van der Waals surface area contributed by atoms with Gasteiger partial charge >= 0.3 is 5.97 Å². The van der Waals surface area contributed by atoms with Crippen molar-refractivity contribution in [2.45, 2.75) is 83.5 Å². The second-order valence-corrected chi connectivity index (χ2v) is 14.1. The molecule has 1 aliphatic heterocycles. The highest BCUT2D eigenvalue weighted by atomic mass is 32.2. The molecule has 1 aliphatic rings. The molecule has 0 bridgehead atoms. The van der Waals surface area contributed by atoms with Crippen LogP contribution in [0.25, 0.3) is 11.1 Å². The van der Waals surface area contributed by atoms with Crippen molar-refractivity contribution in [1.82, 2.24) is 10.2 Å². The van der Waals surface area contributed by atoms with E-state index in [1.165, 1.54) is 18.4 Å². The average Bonchev–Trinajstić information content (AvgIpc) is 2.97. The van der Waals surface area contributed by atoms with Crippen LogP contribution < -0.4 is 5.32 Å². The van der Waals surface area contributed by atoms with Gasteiger partial charge in [-0.15, -0.1) is 0 Å². The number of nitrogens with one attached hydrogen (secondary N) is 1. The Balaban J connectivity index is 1.67. The van der Waals surface area contributed by atoms with E-state index in [4.69, 9.17) is 0 Å². The number of aliphatic carboxylic acids is 1. The first-order chi connectivity index (χ1) is 20.6. The third kappa shape index (κ3) is 9.00. The number of rotatable bonds is 13. The van der Waals surface area contributed by atoms with Gasteiger partial charge in [-0.1, -0.05) is 80.4 Å². The van der Waals surface area contributed by atoms with Crippen molar-refractivity contribution in [2.75, 3.05) is 12.0 Å². The Morgan fingerprint density at radius 3 is 2.33 bits per heavy atom. The largest absolute Gasteiger partial charge is 0.480 e. The molecule has 1 amide bonds. The molecule has 3 atom stereocenters. The van der Waals surface area contributed by atoms with Crippen LogP contribution in [0.15, 0.2) is 72.8 Å². The topological polar surface area (TPSA) is 104 Å². The second kappa shape index (κ2) is 14.8. The molecular formula is C35H44N2O5S. The number of amides is 1. The van der Waals surface area contributed by atoms with Gasteiger partial charge in [0.25, 0.3) is 5.91 Å². The highest BCUT2D eigenvalue weighted by Gasteiger charge is 2.31. The molecule has 1 heterocycles. The standard InChI is InChI=1S/C35H44N2O5S/c1-4-11-28-15-10-16-29(22-26-13-6-5-7-14-26)37(28)24-27-18-19-31(32(23-27)30-17-9-8-12-25(30)2)34(38)36-33(35(39)40)20-21-43(3,41)42/h5-9,12-14,17-19,23,28-29,33H,4,10-11,15-16,20-22,24H2,1-3H3,(H,36,38)(H,39,40). The quantitative estimate of drug-likeness (QED) is 0.246. The summed E-state index contributed by atoms with van der Waals surface area (Å²) in [5.41, 5.74) is 5.46. The van der Waals surface area contributed by atoms with E-state index in [9.17, 15) is 23.1 Å². The van der Waals surface area contributed by atoms with Gasteiger partial charge in [-0.2, -0.15) is 0 Å². The van der Waals surface area contributed by atoms with Crippen molar-refractivity contribution < 1.29 is 23.1 Å². The molecule has 3 unspecified atom stereocenters. The molecule has 0 spiro atoms. The minimum absolute atomic E-state index is 0.200. The molecule has 0 radical (unpaired) electrons. The van der Waals surface area contributed by atoms with Crippen LogP contribution in [0.2, 0.25) is 0 Å². The molecule has 0 aliphatic carbocycles. The van der Waals surface area contributed by atoms with Crippen LogP contribution >= 0.6 is 0 Å². The summed E-state index contributed by atoms with van der Waals surface area (Å²) in [6.07, 6.45) is 7.65. The zero-order valence-electron chi connectivity index (χ0n) is 25.5. The van der Waals surface area contributed by atoms with Crippen molar-refractivity contribution >= 4 is 21.7 Å². The average molecular weight is 605 g/mol. The van der Waals surface area contributed by atoms with Crippen LogP contribution in [0, 0.1) is 6.92 Å². The smallest absolute Gasteiger partial charge is 0.326 e. The van der Waals surface area contributed by atoms with E-state index in [1.807, 2.05) is 37.3 Å². The van der Waals surface area contributed by atoms with E-state index < -0.39 is 27.8 Å². The first-order valence-electron chi connectivity index (χ1n) is 15.3. The minimum atomic E-state index is -3.38. The van der Waals surface area contributed by atoms with E-state index >= 15 is 0 Å². The van der Waals surface area contributed by atoms with E-state index in [2.05, 4.69) is 53.5 Å². The lowest BCUT2D eigenvalue weighted by atomic mass is 9.88. The number of benzene rings is 3. The summed E-state index contributed by atoms with van der Waals surface area (Å²) in [5, 5.41) is 12.3. The van der Waals surface area contributed by atoms with Gasteiger partial charge in [-0.25, -0.2) is 13.2 Å². The molecule has 3 aromatic carbocycles. The Morgan fingerprint density at radius 2 is 1.65 bits per heavy atom. The normalized spacial score (nSPS) is 18.2. The molecule has 2 N–H and O–H groups in total. The Kier molecular flexibility index (Phi) is 11.2. The third-order valence-electron chi connectivity index (χ3n) is 8.46. The molecule has 3 aromatic rings. The summed E-state index contributed by atoms with van der Waals surface area (Å²) in [4.78, 5) is 28.1. The Morgan fingerprint density at radius 1 is 0.953 bits per heavy atom. The van der Waals surface area contributed by atoms with Crippen molar-refractivity contribution in [1.29, 1.82) is 0 Å². The van der Waals surface area contributed by atoms with E-state index in [0.717, 1.165) is 60.7 Å². The fourth-order valence-electron chi connectivity index (χ4n) is 6.25. The summed E-state index contributed by atoms with van der Waals surface area (Å²) in [6, 6.07) is 23.9. The number of hydrogen-bond acceptors (Lipinski definition) is 5. The maximum absolute atomic E-state index is 13.5. The van der Waals surface area contributed by atoms with Gasteiger partial charge in [-0.05, 0) is 79.0 Å². The number of piperidine rings is 1. The van der Waals surface area contributed by atoms with Crippen molar-refractivity contribution in [2.24, 2.45) is 0 Å².